The van der Waals surface area contributed by atoms with Crippen LogP contribution in [-0.4, -0.2) is 20.2 Å². The zero-order valence-electron chi connectivity index (χ0n) is 7.61. The largest absolute Gasteiger partial charge is 0.225 e. The SMILES string of the molecule is O=S(=O)(CCl)NCCc1ccccc1. The first kappa shape index (κ1) is 11.5. The second-order valence-electron chi connectivity index (χ2n) is 2.85. The Morgan fingerprint density at radius 2 is 1.86 bits per heavy atom. The van der Waals surface area contributed by atoms with Gasteiger partial charge in [-0.2, -0.15) is 0 Å². The summed E-state index contributed by atoms with van der Waals surface area (Å²) in [6.45, 7) is 0.388. The smallest absolute Gasteiger partial charge is 0.214 e. The first-order valence-corrected chi connectivity index (χ1v) is 6.40. The van der Waals surface area contributed by atoms with Crippen molar-refractivity contribution in [3.05, 3.63) is 35.9 Å². The second kappa shape index (κ2) is 5.34. The minimum Gasteiger partial charge on any atom is -0.214 e. The van der Waals surface area contributed by atoms with Crippen molar-refractivity contribution < 1.29 is 8.42 Å². The van der Waals surface area contributed by atoms with Crippen molar-refractivity contribution in [1.29, 1.82) is 0 Å². The van der Waals surface area contributed by atoms with Gasteiger partial charge in [-0.05, 0) is 12.0 Å². The van der Waals surface area contributed by atoms with E-state index in [1.807, 2.05) is 30.3 Å². The zero-order chi connectivity index (χ0) is 10.4. The predicted octanol–water partition coefficient (Wildman–Crippen LogP) is 1.34. The van der Waals surface area contributed by atoms with Crippen LogP contribution in [-0.2, 0) is 16.4 Å². The molecule has 0 aliphatic carbocycles. The molecule has 78 valence electrons. The Kier molecular flexibility index (Phi) is 4.38. The van der Waals surface area contributed by atoms with Gasteiger partial charge in [-0.3, -0.25) is 0 Å². The Morgan fingerprint density at radius 1 is 1.21 bits per heavy atom. The molecule has 0 saturated heterocycles. The fraction of sp³-hybridized carbons (Fsp3) is 0.333. The molecule has 14 heavy (non-hydrogen) atoms. The van der Waals surface area contributed by atoms with Crippen LogP contribution in [0.2, 0.25) is 0 Å². The van der Waals surface area contributed by atoms with Crippen LogP contribution in [0.15, 0.2) is 30.3 Å². The normalized spacial score (nSPS) is 11.5. The van der Waals surface area contributed by atoms with E-state index in [-0.39, 0.29) is 5.21 Å². The van der Waals surface area contributed by atoms with Gasteiger partial charge in [0.25, 0.3) is 0 Å². The third-order valence-corrected chi connectivity index (χ3v) is 3.52. The van der Waals surface area contributed by atoms with Crippen LogP contribution in [0.3, 0.4) is 0 Å². The number of halogens is 1. The Balaban J connectivity index is 2.37. The summed E-state index contributed by atoms with van der Waals surface area (Å²) in [6.07, 6.45) is 0.678. The van der Waals surface area contributed by atoms with Crippen LogP contribution in [0.25, 0.3) is 0 Å². The van der Waals surface area contributed by atoms with E-state index in [0.29, 0.717) is 13.0 Å². The van der Waals surface area contributed by atoms with Crippen molar-refractivity contribution in [1.82, 2.24) is 4.72 Å². The molecule has 0 atom stereocenters. The zero-order valence-corrected chi connectivity index (χ0v) is 9.18. The summed E-state index contributed by atoms with van der Waals surface area (Å²) in [7, 11) is -3.27. The van der Waals surface area contributed by atoms with Gasteiger partial charge in [-0.15, -0.1) is 11.6 Å². The van der Waals surface area contributed by atoms with E-state index in [1.54, 1.807) is 0 Å². The summed E-state index contributed by atoms with van der Waals surface area (Å²) in [5.41, 5.74) is 1.10. The monoisotopic (exact) mass is 233 g/mol. The van der Waals surface area contributed by atoms with Gasteiger partial charge in [0.15, 0.2) is 0 Å². The molecular formula is C9H12ClNO2S. The quantitative estimate of drug-likeness (QED) is 0.781. The highest BCUT2D eigenvalue weighted by molar-refractivity contribution is 7.90. The molecule has 1 N–H and O–H groups in total. The number of nitrogens with one attached hydrogen (secondary N) is 1. The number of sulfonamides is 1. The molecule has 3 nitrogen and oxygen atoms in total. The van der Waals surface area contributed by atoms with Gasteiger partial charge in [-0.25, -0.2) is 13.1 Å². The third kappa shape index (κ3) is 4.09. The van der Waals surface area contributed by atoms with Gasteiger partial charge >= 0.3 is 0 Å². The molecule has 0 unspecified atom stereocenters. The van der Waals surface area contributed by atoms with Crippen LogP contribution < -0.4 is 4.72 Å². The molecule has 0 aromatic heterocycles. The summed E-state index contributed by atoms with van der Waals surface area (Å²) in [5.74, 6) is 0. The summed E-state index contributed by atoms with van der Waals surface area (Å²) in [5, 5.41) is -0.387. The minimum atomic E-state index is -3.27. The minimum absolute atomic E-state index is 0.387. The standard InChI is InChI=1S/C9H12ClNO2S/c10-8-14(12,13)11-7-6-9-4-2-1-3-5-9/h1-5,11H,6-8H2. The Hall–Kier alpha value is -0.580. The Bertz CT molecular complexity index is 364. The molecule has 0 aliphatic rings. The molecule has 1 aromatic carbocycles. The van der Waals surface area contributed by atoms with E-state index in [2.05, 4.69) is 4.72 Å². The molecule has 0 radical (unpaired) electrons. The molecule has 0 heterocycles. The average Bonchev–Trinajstić information content (AvgIpc) is 2.19. The number of hydrogen-bond donors (Lipinski definition) is 1. The topological polar surface area (TPSA) is 46.2 Å². The van der Waals surface area contributed by atoms with Crippen molar-refractivity contribution in [2.75, 3.05) is 11.8 Å². The molecule has 1 aromatic rings. The summed E-state index contributed by atoms with van der Waals surface area (Å²) in [4.78, 5) is 0. The summed E-state index contributed by atoms with van der Waals surface area (Å²) < 4.78 is 24.3. The lowest BCUT2D eigenvalue weighted by Crippen LogP contribution is -2.26. The number of benzene rings is 1. The highest BCUT2D eigenvalue weighted by Gasteiger charge is 2.05. The van der Waals surface area contributed by atoms with Crippen molar-refractivity contribution in [3.63, 3.8) is 0 Å². The lowest BCUT2D eigenvalue weighted by atomic mass is 10.2. The van der Waals surface area contributed by atoms with E-state index in [0.717, 1.165) is 5.56 Å². The molecule has 0 bridgehead atoms. The number of hydrogen-bond acceptors (Lipinski definition) is 2. The first-order chi connectivity index (χ1) is 6.64. The molecular weight excluding hydrogens is 222 g/mol. The van der Waals surface area contributed by atoms with Crippen molar-refractivity contribution in [2.24, 2.45) is 0 Å². The second-order valence-corrected chi connectivity index (χ2v) is 5.24. The summed E-state index contributed by atoms with van der Waals surface area (Å²) >= 11 is 5.22. The van der Waals surface area contributed by atoms with Gasteiger partial charge < -0.3 is 0 Å². The van der Waals surface area contributed by atoms with E-state index < -0.39 is 10.0 Å². The van der Waals surface area contributed by atoms with Crippen LogP contribution in [0, 0.1) is 0 Å². The Labute approximate surface area is 89.1 Å². The molecule has 0 amide bonds. The van der Waals surface area contributed by atoms with E-state index in [4.69, 9.17) is 11.6 Å². The Morgan fingerprint density at radius 3 is 2.43 bits per heavy atom. The van der Waals surface area contributed by atoms with Crippen LogP contribution >= 0.6 is 11.6 Å². The average molecular weight is 234 g/mol. The highest BCUT2D eigenvalue weighted by atomic mass is 35.5. The van der Waals surface area contributed by atoms with Gasteiger partial charge in [0.1, 0.15) is 5.21 Å². The maximum atomic E-state index is 10.9. The lowest BCUT2D eigenvalue weighted by molar-refractivity contribution is 0.586. The van der Waals surface area contributed by atoms with Crippen LogP contribution in [0.4, 0.5) is 0 Å². The van der Waals surface area contributed by atoms with Gasteiger partial charge in [-0.1, -0.05) is 30.3 Å². The lowest BCUT2D eigenvalue weighted by Gasteiger charge is -2.03. The van der Waals surface area contributed by atoms with Crippen molar-refractivity contribution in [3.8, 4) is 0 Å². The first-order valence-electron chi connectivity index (χ1n) is 4.21. The molecule has 0 spiro atoms. The maximum absolute atomic E-state index is 10.9. The van der Waals surface area contributed by atoms with Gasteiger partial charge in [0.05, 0.1) is 0 Å². The predicted molar refractivity (Wildman–Crippen MR) is 57.8 cm³/mol. The van der Waals surface area contributed by atoms with E-state index >= 15 is 0 Å². The third-order valence-electron chi connectivity index (χ3n) is 1.72. The van der Waals surface area contributed by atoms with E-state index in [1.165, 1.54) is 0 Å². The van der Waals surface area contributed by atoms with Crippen LogP contribution in [0.5, 0.6) is 0 Å². The molecule has 0 aliphatic heterocycles. The number of rotatable bonds is 5. The molecule has 1 rings (SSSR count). The fourth-order valence-corrected chi connectivity index (χ4v) is 1.76. The summed E-state index contributed by atoms with van der Waals surface area (Å²) in [6, 6.07) is 9.67. The van der Waals surface area contributed by atoms with Crippen molar-refractivity contribution in [2.45, 2.75) is 6.42 Å². The number of alkyl halides is 1. The molecule has 0 fully saturated rings. The van der Waals surface area contributed by atoms with E-state index in [9.17, 15) is 8.42 Å². The highest BCUT2D eigenvalue weighted by Crippen LogP contribution is 1.98. The van der Waals surface area contributed by atoms with Gasteiger partial charge in [0.2, 0.25) is 10.0 Å². The molecule has 0 saturated carbocycles. The van der Waals surface area contributed by atoms with Crippen LogP contribution in [0.1, 0.15) is 5.56 Å². The maximum Gasteiger partial charge on any atom is 0.225 e. The fourth-order valence-electron chi connectivity index (χ4n) is 1.03. The van der Waals surface area contributed by atoms with Crippen molar-refractivity contribution >= 4 is 21.6 Å². The van der Waals surface area contributed by atoms with Gasteiger partial charge in [0, 0.05) is 6.54 Å². The molecule has 5 heteroatoms.